The molecular formula is C18H23N3O6. The maximum atomic E-state index is 12.2. The van der Waals surface area contributed by atoms with Crippen molar-refractivity contribution in [1.82, 2.24) is 15.5 Å². The highest BCUT2D eigenvalue weighted by molar-refractivity contribution is 5.69. The van der Waals surface area contributed by atoms with E-state index in [0.717, 1.165) is 5.56 Å². The summed E-state index contributed by atoms with van der Waals surface area (Å²) in [6.45, 7) is 5.26. The van der Waals surface area contributed by atoms with Crippen molar-refractivity contribution >= 4 is 12.1 Å². The second-order valence-electron chi connectivity index (χ2n) is 6.86. The van der Waals surface area contributed by atoms with Gasteiger partial charge in [-0.15, -0.1) is 10.2 Å². The Morgan fingerprint density at radius 2 is 1.89 bits per heavy atom. The molecule has 1 amide bonds. The largest absolute Gasteiger partial charge is 0.497 e. The Balaban J connectivity index is 2.20. The number of hydrogen-bond donors (Lipinski definition) is 2. The highest BCUT2D eigenvalue weighted by Gasteiger charge is 2.25. The minimum Gasteiger partial charge on any atom is -0.497 e. The van der Waals surface area contributed by atoms with Crippen molar-refractivity contribution in [1.29, 1.82) is 0 Å². The molecule has 0 aliphatic carbocycles. The first-order valence-corrected chi connectivity index (χ1v) is 8.33. The van der Waals surface area contributed by atoms with Crippen LogP contribution in [-0.4, -0.2) is 40.1 Å². The Bertz CT molecular complexity index is 779. The molecule has 1 aromatic carbocycles. The van der Waals surface area contributed by atoms with E-state index in [1.165, 1.54) is 0 Å². The molecule has 1 unspecified atom stereocenters. The SMILES string of the molecule is COc1ccc(CC(NC(=O)OC(C)(C)C)c2nnc(CC(=O)O)o2)cc1. The second-order valence-corrected chi connectivity index (χ2v) is 6.86. The molecule has 0 aliphatic heterocycles. The van der Waals surface area contributed by atoms with Crippen LogP contribution in [0, 0.1) is 0 Å². The number of nitrogens with zero attached hydrogens (tertiary/aromatic N) is 2. The molecule has 2 rings (SSSR count). The van der Waals surface area contributed by atoms with Crippen LogP contribution in [0.15, 0.2) is 28.7 Å². The topological polar surface area (TPSA) is 124 Å². The van der Waals surface area contributed by atoms with Crippen LogP contribution in [0.2, 0.25) is 0 Å². The number of methoxy groups -OCH3 is 1. The number of aliphatic carboxylic acids is 1. The van der Waals surface area contributed by atoms with Crippen molar-refractivity contribution in [2.24, 2.45) is 0 Å². The van der Waals surface area contributed by atoms with E-state index >= 15 is 0 Å². The lowest BCUT2D eigenvalue weighted by atomic mass is 10.1. The molecule has 1 aromatic heterocycles. The molecule has 2 aromatic rings. The number of rotatable bonds is 7. The van der Waals surface area contributed by atoms with E-state index in [4.69, 9.17) is 19.0 Å². The summed E-state index contributed by atoms with van der Waals surface area (Å²) >= 11 is 0. The molecule has 0 fully saturated rings. The van der Waals surface area contributed by atoms with Gasteiger partial charge in [0.2, 0.25) is 11.8 Å². The third kappa shape index (κ3) is 6.61. The van der Waals surface area contributed by atoms with Crippen molar-refractivity contribution in [3.05, 3.63) is 41.6 Å². The normalized spacial score (nSPS) is 12.3. The van der Waals surface area contributed by atoms with Crippen molar-refractivity contribution < 1.29 is 28.6 Å². The van der Waals surface area contributed by atoms with Gasteiger partial charge in [-0.1, -0.05) is 12.1 Å². The number of carboxylic acid groups (broad SMARTS) is 1. The highest BCUT2D eigenvalue weighted by atomic mass is 16.6. The van der Waals surface area contributed by atoms with Crippen molar-refractivity contribution in [2.75, 3.05) is 7.11 Å². The fourth-order valence-electron chi connectivity index (χ4n) is 2.26. The number of carbonyl (C=O) groups is 2. The molecule has 0 saturated heterocycles. The summed E-state index contributed by atoms with van der Waals surface area (Å²) in [6.07, 6.45) is -0.689. The molecule has 0 radical (unpaired) electrons. The van der Waals surface area contributed by atoms with Gasteiger partial charge in [-0.05, 0) is 38.5 Å². The van der Waals surface area contributed by atoms with Gasteiger partial charge in [-0.2, -0.15) is 0 Å². The first-order chi connectivity index (χ1) is 12.7. The number of aromatic nitrogens is 2. The highest BCUT2D eigenvalue weighted by Crippen LogP contribution is 2.21. The van der Waals surface area contributed by atoms with Gasteiger partial charge in [0.1, 0.15) is 23.8 Å². The zero-order valence-corrected chi connectivity index (χ0v) is 15.7. The summed E-state index contributed by atoms with van der Waals surface area (Å²) in [6, 6.07) is 6.60. The lowest BCUT2D eigenvalue weighted by Gasteiger charge is -2.22. The average molecular weight is 377 g/mol. The number of hydrogen-bond acceptors (Lipinski definition) is 7. The molecule has 2 N–H and O–H groups in total. The van der Waals surface area contributed by atoms with E-state index in [-0.39, 0.29) is 11.8 Å². The van der Waals surface area contributed by atoms with Gasteiger partial charge in [0, 0.05) is 6.42 Å². The number of nitrogens with one attached hydrogen (secondary N) is 1. The van der Waals surface area contributed by atoms with Crippen LogP contribution in [0.5, 0.6) is 5.75 Å². The van der Waals surface area contributed by atoms with E-state index in [1.54, 1.807) is 40.0 Å². The summed E-state index contributed by atoms with van der Waals surface area (Å²) in [4.78, 5) is 23.0. The molecule has 0 spiro atoms. The van der Waals surface area contributed by atoms with Crippen molar-refractivity contribution in [3.63, 3.8) is 0 Å². The van der Waals surface area contributed by atoms with E-state index in [1.807, 2.05) is 12.1 Å². The summed E-state index contributed by atoms with van der Waals surface area (Å²) in [5, 5.41) is 19.1. The summed E-state index contributed by atoms with van der Waals surface area (Å²) in [7, 11) is 1.57. The van der Waals surface area contributed by atoms with Crippen LogP contribution < -0.4 is 10.1 Å². The second kappa shape index (κ2) is 8.52. The molecule has 146 valence electrons. The summed E-state index contributed by atoms with van der Waals surface area (Å²) in [5.74, 6) is -0.315. The number of carboxylic acids is 1. The Kier molecular flexibility index (Phi) is 6.38. The Morgan fingerprint density at radius 3 is 2.44 bits per heavy atom. The molecule has 0 bridgehead atoms. The molecule has 0 saturated carbocycles. The molecular weight excluding hydrogens is 354 g/mol. The van der Waals surface area contributed by atoms with Crippen LogP contribution in [0.1, 0.15) is 44.2 Å². The predicted octanol–water partition coefficient (Wildman–Crippen LogP) is 2.51. The van der Waals surface area contributed by atoms with E-state index in [9.17, 15) is 9.59 Å². The van der Waals surface area contributed by atoms with E-state index < -0.39 is 30.1 Å². The van der Waals surface area contributed by atoms with Gasteiger partial charge in [0.05, 0.1) is 7.11 Å². The Morgan fingerprint density at radius 1 is 1.22 bits per heavy atom. The molecule has 0 aliphatic rings. The third-order valence-electron chi connectivity index (χ3n) is 3.37. The van der Waals surface area contributed by atoms with E-state index in [0.29, 0.717) is 12.2 Å². The van der Waals surface area contributed by atoms with Gasteiger partial charge in [-0.25, -0.2) is 4.79 Å². The first-order valence-electron chi connectivity index (χ1n) is 8.33. The Hall–Kier alpha value is -3.10. The van der Waals surface area contributed by atoms with Crippen molar-refractivity contribution in [2.45, 2.75) is 45.3 Å². The maximum absolute atomic E-state index is 12.2. The maximum Gasteiger partial charge on any atom is 0.408 e. The van der Waals surface area contributed by atoms with Gasteiger partial charge >= 0.3 is 12.1 Å². The summed E-state index contributed by atoms with van der Waals surface area (Å²) in [5.41, 5.74) is 0.216. The molecule has 9 nitrogen and oxygen atoms in total. The van der Waals surface area contributed by atoms with Crippen LogP contribution in [-0.2, 0) is 22.4 Å². The zero-order valence-electron chi connectivity index (χ0n) is 15.7. The molecule has 1 atom stereocenters. The number of carbonyl (C=O) groups excluding carboxylic acids is 1. The first kappa shape index (κ1) is 20.2. The minimum absolute atomic E-state index is 0.0387. The van der Waals surface area contributed by atoms with Gasteiger partial charge in [0.15, 0.2) is 0 Å². The quantitative estimate of drug-likeness (QED) is 0.754. The number of ether oxygens (including phenoxy) is 2. The van der Waals surface area contributed by atoms with Crippen LogP contribution in [0.25, 0.3) is 0 Å². The Labute approximate surface area is 156 Å². The number of alkyl carbamates (subject to hydrolysis) is 1. The fraction of sp³-hybridized carbons (Fsp3) is 0.444. The average Bonchev–Trinajstić information content (AvgIpc) is 3.01. The van der Waals surface area contributed by atoms with Gasteiger partial charge in [0.25, 0.3) is 0 Å². The van der Waals surface area contributed by atoms with Gasteiger partial charge in [-0.3, -0.25) is 4.79 Å². The van der Waals surface area contributed by atoms with Gasteiger partial charge < -0.3 is 24.3 Å². The molecule has 27 heavy (non-hydrogen) atoms. The van der Waals surface area contributed by atoms with Crippen LogP contribution in [0.4, 0.5) is 4.79 Å². The third-order valence-corrected chi connectivity index (χ3v) is 3.37. The zero-order chi connectivity index (χ0) is 20.0. The monoisotopic (exact) mass is 377 g/mol. The predicted molar refractivity (Wildman–Crippen MR) is 94.4 cm³/mol. The fourth-order valence-corrected chi connectivity index (χ4v) is 2.26. The number of benzene rings is 1. The van der Waals surface area contributed by atoms with Crippen molar-refractivity contribution in [3.8, 4) is 5.75 Å². The smallest absolute Gasteiger partial charge is 0.408 e. The molecule has 9 heteroatoms. The van der Waals surface area contributed by atoms with Crippen LogP contribution >= 0.6 is 0 Å². The number of amides is 1. The lowest BCUT2D eigenvalue weighted by Crippen LogP contribution is -2.36. The van der Waals surface area contributed by atoms with E-state index in [2.05, 4.69) is 15.5 Å². The molecule has 1 heterocycles. The minimum atomic E-state index is -1.09. The van der Waals surface area contributed by atoms with Crippen LogP contribution in [0.3, 0.4) is 0 Å². The lowest BCUT2D eigenvalue weighted by molar-refractivity contribution is -0.136. The standard InChI is InChI=1S/C18H23N3O6/c1-18(2,3)27-17(24)19-13(9-11-5-7-12(25-4)8-6-11)16-21-20-14(26-16)10-15(22)23/h5-8,13H,9-10H2,1-4H3,(H,19,24)(H,22,23). The summed E-state index contributed by atoms with van der Waals surface area (Å²) < 4.78 is 15.8.